The fourth-order valence-electron chi connectivity index (χ4n) is 3.61. The highest BCUT2D eigenvalue weighted by Crippen LogP contribution is 2.49. The maximum atomic E-state index is 12.1. The number of carbonyl (C=O) groups is 1. The Morgan fingerprint density at radius 1 is 1.46 bits per heavy atom. The van der Waals surface area contributed by atoms with Gasteiger partial charge in [0.1, 0.15) is 0 Å². The molecule has 128 valence electrons. The van der Waals surface area contributed by atoms with E-state index in [9.17, 15) is 14.9 Å². The van der Waals surface area contributed by atoms with Crippen molar-refractivity contribution in [1.82, 2.24) is 0 Å². The molecule has 0 N–H and O–H groups in total. The summed E-state index contributed by atoms with van der Waals surface area (Å²) in [4.78, 5) is 23.6. The van der Waals surface area contributed by atoms with E-state index in [4.69, 9.17) is 14.2 Å². The Kier molecular flexibility index (Phi) is 4.17. The average Bonchev–Trinajstić information content (AvgIpc) is 3.03. The molecule has 1 fully saturated rings. The molecule has 1 aliphatic heterocycles. The molecule has 3 rings (SSSR count). The van der Waals surface area contributed by atoms with Gasteiger partial charge in [0.25, 0.3) is 5.54 Å². The molecule has 1 aromatic rings. The molecule has 24 heavy (non-hydrogen) atoms. The van der Waals surface area contributed by atoms with Crippen molar-refractivity contribution in [2.75, 3.05) is 13.9 Å². The van der Waals surface area contributed by atoms with Gasteiger partial charge in [-0.2, -0.15) is 0 Å². The van der Waals surface area contributed by atoms with Gasteiger partial charge >= 0.3 is 5.97 Å². The second-order valence-electron chi connectivity index (χ2n) is 6.19. The Bertz CT molecular complexity index is 700. The van der Waals surface area contributed by atoms with Crippen molar-refractivity contribution in [3.63, 3.8) is 0 Å². The van der Waals surface area contributed by atoms with Gasteiger partial charge in [0.15, 0.2) is 11.5 Å². The fraction of sp³-hybridized carbons (Fsp3) is 0.471. The number of rotatable bonds is 4. The van der Waals surface area contributed by atoms with Crippen molar-refractivity contribution in [2.45, 2.75) is 31.2 Å². The van der Waals surface area contributed by atoms with Crippen molar-refractivity contribution < 1.29 is 23.9 Å². The second kappa shape index (κ2) is 6.14. The van der Waals surface area contributed by atoms with E-state index < -0.39 is 17.4 Å². The van der Waals surface area contributed by atoms with Gasteiger partial charge in [-0.15, -0.1) is 0 Å². The summed E-state index contributed by atoms with van der Waals surface area (Å²) in [6.07, 6.45) is 1.38. The van der Waals surface area contributed by atoms with Crippen molar-refractivity contribution in [3.8, 4) is 11.5 Å². The van der Waals surface area contributed by atoms with Gasteiger partial charge < -0.3 is 14.2 Å². The highest BCUT2D eigenvalue weighted by atomic mass is 16.7. The Morgan fingerprint density at radius 2 is 2.21 bits per heavy atom. The Hall–Kier alpha value is -2.57. The van der Waals surface area contributed by atoms with Crippen LogP contribution in [0.25, 0.3) is 0 Å². The van der Waals surface area contributed by atoms with Crippen LogP contribution in [0.15, 0.2) is 30.4 Å². The van der Waals surface area contributed by atoms with E-state index in [1.165, 1.54) is 7.11 Å². The van der Waals surface area contributed by atoms with Crippen LogP contribution in [0.5, 0.6) is 11.5 Å². The van der Waals surface area contributed by atoms with Crippen LogP contribution in [0.3, 0.4) is 0 Å². The maximum Gasteiger partial charge on any atom is 0.306 e. The van der Waals surface area contributed by atoms with E-state index >= 15 is 0 Å². The number of fused-ring (bicyclic) bond motifs is 1. The third-order valence-corrected chi connectivity index (χ3v) is 4.88. The molecular formula is C17H19NO6. The van der Waals surface area contributed by atoms with Crippen molar-refractivity contribution in [2.24, 2.45) is 5.92 Å². The molecule has 1 aromatic carbocycles. The molecule has 2 atom stereocenters. The lowest BCUT2D eigenvalue weighted by atomic mass is 9.66. The van der Waals surface area contributed by atoms with E-state index in [2.05, 4.69) is 6.58 Å². The first-order chi connectivity index (χ1) is 11.5. The first-order valence-corrected chi connectivity index (χ1v) is 7.75. The SMILES string of the molecule is C=C1CC[C@@H](CC(=O)OC)[C@](c2ccc3c(c2)OCO3)([N+](=O)[O-])C1. The monoisotopic (exact) mass is 333 g/mol. The first-order valence-electron chi connectivity index (χ1n) is 7.75. The summed E-state index contributed by atoms with van der Waals surface area (Å²) in [5.74, 6) is 0.142. The number of hydrogen-bond acceptors (Lipinski definition) is 6. The van der Waals surface area contributed by atoms with Crippen LogP contribution in [0.2, 0.25) is 0 Å². The summed E-state index contributed by atoms with van der Waals surface area (Å²) in [5.41, 5.74) is -0.0955. The second-order valence-corrected chi connectivity index (χ2v) is 6.19. The third-order valence-electron chi connectivity index (χ3n) is 4.88. The van der Waals surface area contributed by atoms with E-state index in [0.717, 1.165) is 5.57 Å². The van der Waals surface area contributed by atoms with E-state index in [1.807, 2.05) is 0 Å². The smallest absolute Gasteiger partial charge is 0.306 e. The Balaban J connectivity index is 2.07. The number of methoxy groups -OCH3 is 1. The number of nitrogens with zero attached hydrogens (tertiary/aromatic N) is 1. The molecule has 7 heteroatoms. The lowest BCUT2D eigenvalue weighted by Gasteiger charge is -2.37. The fourth-order valence-corrected chi connectivity index (χ4v) is 3.61. The van der Waals surface area contributed by atoms with Crippen LogP contribution in [0.1, 0.15) is 31.2 Å². The minimum absolute atomic E-state index is 0.000792. The number of benzene rings is 1. The molecule has 0 aromatic heterocycles. The van der Waals surface area contributed by atoms with Crippen LogP contribution in [0, 0.1) is 16.0 Å². The van der Waals surface area contributed by atoms with E-state index in [-0.39, 0.29) is 24.6 Å². The van der Waals surface area contributed by atoms with Crippen LogP contribution >= 0.6 is 0 Å². The minimum Gasteiger partial charge on any atom is -0.469 e. The molecule has 1 saturated carbocycles. The number of esters is 1. The van der Waals surface area contributed by atoms with Gasteiger partial charge in [-0.3, -0.25) is 14.9 Å². The normalized spacial score (nSPS) is 25.4. The van der Waals surface area contributed by atoms with E-state index in [1.54, 1.807) is 18.2 Å². The molecule has 1 aliphatic carbocycles. The molecule has 0 radical (unpaired) electrons. The Morgan fingerprint density at radius 3 is 2.92 bits per heavy atom. The molecule has 0 amide bonds. The highest BCUT2D eigenvalue weighted by molar-refractivity contribution is 5.69. The summed E-state index contributed by atoms with van der Waals surface area (Å²) >= 11 is 0. The zero-order valence-corrected chi connectivity index (χ0v) is 13.4. The quantitative estimate of drug-likeness (QED) is 0.364. The summed E-state index contributed by atoms with van der Waals surface area (Å²) in [7, 11) is 1.29. The van der Waals surface area contributed by atoms with Crippen LogP contribution < -0.4 is 9.47 Å². The summed E-state index contributed by atoms with van der Waals surface area (Å²) in [5, 5.41) is 12.1. The molecule has 7 nitrogen and oxygen atoms in total. The average molecular weight is 333 g/mol. The standard InChI is InChI=1S/C17H19NO6/c1-11-3-4-13(8-16(19)22-2)17(9-11,18(20)21)12-5-6-14-15(7-12)24-10-23-14/h5-7,13H,1,3-4,8-10H2,2H3/t13-,17-/m0/s1. The number of ether oxygens (including phenoxy) is 3. The predicted octanol–water partition coefficient (Wildman–Crippen LogP) is 2.81. The van der Waals surface area contributed by atoms with E-state index in [0.29, 0.717) is 29.9 Å². The zero-order chi connectivity index (χ0) is 17.3. The first kappa shape index (κ1) is 16.3. The van der Waals surface area contributed by atoms with Gasteiger partial charge in [0.2, 0.25) is 6.79 Å². The van der Waals surface area contributed by atoms with Crippen LogP contribution in [-0.4, -0.2) is 24.8 Å². The van der Waals surface area contributed by atoms with Crippen molar-refractivity contribution in [3.05, 3.63) is 46.0 Å². The number of nitro groups is 1. The van der Waals surface area contributed by atoms with Gasteiger partial charge in [-0.25, -0.2) is 0 Å². The van der Waals surface area contributed by atoms with Gasteiger partial charge in [0, 0.05) is 22.8 Å². The molecule has 0 saturated heterocycles. The lowest BCUT2D eigenvalue weighted by Crippen LogP contribution is -2.46. The molecule has 1 heterocycles. The molecule has 0 bridgehead atoms. The molecule has 0 spiro atoms. The molecule has 0 unspecified atom stereocenters. The lowest BCUT2D eigenvalue weighted by molar-refractivity contribution is -0.593. The van der Waals surface area contributed by atoms with Crippen molar-refractivity contribution >= 4 is 5.97 Å². The Labute approximate surface area is 139 Å². The van der Waals surface area contributed by atoms with Crippen LogP contribution in [-0.2, 0) is 15.1 Å². The summed E-state index contributed by atoms with van der Waals surface area (Å²) < 4.78 is 15.4. The van der Waals surface area contributed by atoms with Gasteiger partial charge in [0.05, 0.1) is 13.5 Å². The van der Waals surface area contributed by atoms with Crippen LogP contribution in [0.4, 0.5) is 0 Å². The van der Waals surface area contributed by atoms with Gasteiger partial charge in [-0.1, -0.05) is 12.2 Å². The summed E-state index contributed by atoms with van der Waals surface area (Å²) in [6.45, 7) is 4.05. The molecule has 2 aliphatic rings. The summed E-state index contributed by atoms with van der Waals surface area (Å²) in [6, 6.07) is 5.00. The zero-order valence-electron chi connectivity index (χ0n) is 13.4. The largest absolute Gasteiger partial charge is 0.469 e. The van der Waals surface area contributed by atoms with Crippen molar-refractivity contribution in [1.29, 1.82) is 0 Å². The maximum absolute atomic E-state index is 12.1. The topological polar surface area (TPSA) is 87.9 Å². The minimum atomic E-state index is -1.41. The molecular weight excluding hydrogens is 314 g/mol. The number of hydrogen-bond donors (Lipinski definition) is 0. The van der Waals surface area contributed by atoms with Gasteiger partial charge in [-0.05, 0) is 31.0 Å². The highest BCUT2D eigenvalue weighted by Gasteiger charge is 2.55. The third kappa shape index (κ3) is 2.60. The predicted molar refractivity (Wildman–Crippen MR) is 84.4 cm³/mol. The number of carbonyl (C=O) groups excluding carboxylic acids is 1.